The summed E-state index contributed by atoms with van der Waals surface area (Å²) in [6, 6.07) is 9.08. The summed E-state index contributed by atoms with van der Waals surface area (Å²) in [5.74, 6) is 0.997. The molecule has 2 fully saturated rings. The van der Waals surface area contributed by atoms with Crippen LogP contribution in [0.5, 0.6) is 0 Å². The van der Waals surface area contributed by atoms with Crippen molar-refractivity contribution >= 4 is 17.6 Å². The number of rotatable bonds is 4. The number of benzene rings is 1. The van der Waals surface area contributed by atoms with Crippen LogP contribution in [0.3, 0.4) is 0 Å². The van der Waals surface area contributed by atoms with Gasteiger partial charge < -0.3 is 10.6 Å². The smallest absolute Gasteiger partial charge is 0.147 e. The van der Waals surface area contributed by atoms with E-state index in [0.29, 0.717) is 11.5 Å². The van der Waals surface area contributed by atoms with E-state index in [1.54, 1.807) is 11.8 Å². The Morgan fingerprint density at radius 1 is 1.12 bits per heavy atom. The van der Waals surface area contributed by atoms with Gasteiger partial charge in [-0.2, -0.15) is 0 Å². The van der Waals surface area contributed by atoms with Crippen molar-refractivity contribution < 1.29 is 0 Å². The normalized spacial score (nSPS) is 22.1. The Hall–Kier alpha value is -1.59. The fraction of sp³-hybridized carbons (Fsp3) is 0.524. The second kappa shape index (κ2) is 7.57. The van der Waals surface area contributed by atoms with Crippen LogP contribution in [-0.4, -0.2) is 29.1 Å². The molecule has 26 heavy (non-hydrogen) atoms. The van der Waals surface area contributed by atoms with E-state index in [-0.39, 0.29) is 0 Å². The van der Waals surface area contributed by atoms with E-state index >= 15 is 0 Å². The van der Waals surface area contributed by atoms with Gasteiger partial charge in [0.25, 0.3) is 0 Å². The number of aryl methyl sites for hydroxylation is 1. The summed E-state index contributed by atoms with van der Waals surface area (Å²) < 4.78 is 0. The average molecular weight is 369 g/mol. The number of hydrogen-bond donors (Lipinski definition) is 1. The number of nitrogens with two attached hydrogens (primary N) is 1. The molecule has 0 radical (unpaired) electrons. The van der Waals surface area contributed by atoms with Crippen LogP contribution >= 0.6 is 11.8 Å². The predicted octanol–water partition coefficient (Wildman–Crippen LogP) is 4.29. The molecule has 2 aliphatic rings. The molecule has 2 heterocycles. The molecule has 4 nitrogen and oxygen atoms in total. The van der Waals surface area contributed by atoms with Crippen LogP contribution in [0.25, 0.3) is 0 Å². The van der Waals surface area contributed by atoms with Gasteiger partial charge in [-0.3, -0.25) is 0 Å². The largest absolute Gasteiger partial charge is 0.355 e. The average Bonchev–Trinajstić information content (AvgIpc) is 3.04. The lowest BCUT2D eigenvalue weighted by Gasteiger charge is -2.42. The molecule has 0 unspecified atom stereocenters. The van der Waals surface area contributed by atoms with Crippen LogP contribution in [-0.2, 0) is 6.42 Å². The Labute approximate surface area is 160 Å². The van der Waals surface area contributed by atoms with E-state index in [1.807, 2.05) is 12.4 Å². The van der Waals surface area contributed by atoms with Gasteiger partial charge in [-0.15, -0.1) is 0 Å². The first-order valence-corrected chi connectivity index (χ1v) is 10.6. The van der Waals surface area contributed by atoms with Crippen molar-refractivity contribution in [2.24, 2.45) is 11.1 Å². The van der Waals surface area contributed by atoms with Gasteiger partial charge in [-0.1, -0.05) is 37.2 Å². The molecule has 1 aliphatic heterocycles. The molecule has 5 heteroatoms. The molecule has 4 rings (SSSR count). The van der Waals surface area contributed by atoms with Crippen molar-refractivity contribution in [3.8, 4) is 0 Å². The van der Waals surface area contributed by atoms with Gasteiger partial charge >= 0.3 is 0 Å². The molecule has 2 N–H and O–H groups in total. The SMILES string of the molecule is CCc1ccc(Sc2cnc(N3CCC4(CCC[C@@H]4N)CC3)cn2)cc1. The third kappa shape index (κ3) is 3.60. The highest BCUT2D eigenvalue weighted by Gasteiger charge is 2.42. The maximum Gasteiger partial charge on any atom is 0.147 e. The van der Waals surface area contributed by atoms with E-state index in [1.165, 1.54) is 42.6 Å². The van der Waals surface area contributed by atoms with Crippen molar-refractivity contribution in [1.82, 2.24) is 9.97 Å². The fourth-order valence-corrected chi connectivity index (χ4v) is 5.13. The van der Waals surface area contributed by atoms with Crippen molar-refractivity contribution in [1.29, 1.82) is 0 Å². The van der Waals surface area contributed by atoms with Gasteiger partial charge in [-0.05, 0) is 55.2 Å². The number of hydrogen-bond acceptors (Lipinski definition) is 5. The zero-order valence-electron chi connectivity index (χ0n) is 15.5. The van der Waals surface area contributed by atoms with Crippen LogP contribution < -0.4 is 10.6 Å². The maximum absolute atomic E-state index is 6.39. The molecule has 0 amide bonds. The van der Waals surface area contributed by atoms with E-state index in [4.69, 9.17) is 5.73 Å². The number of anilines is 1. The molecular weight excluding hydrogens is 340 g/mol. The number of piperidine rings is 1. The monoisotopic (exact) mass is 368 g/mol. The molecule has 1 spiro atoms. The van der Waals surface area contributed by atoms with Gasteiger partial charge in [-0.25, -0.2) is 9.97 Å². The van der Waals surface area contributed by atoms with Crippen LogP contribution in [0.2, 0.25) is 0 Å². The maximum atomic E-state index is 6.39. The van der Waals surface area contributed by atoms with Crippen molar-refractivity contribution in [3.05, 3.63) is 42.2 Å². The molecule has 1 aromatic heterocycles. The van der Waals surface area contributed by atoms with Crippen LogP contribution in [0, 0.1) is 5.41 Å². The van der Waals surface area contributed by atoms with E-state index in [2.05, 4.69) is 46.1 Å². The predicted molar refractivity (Wildman–Crippen MR) is 108 cm³/mol. The summed E-state index contributed by atoms with van der Waals surface area (Å²) in [7, 11) is 0. The zero-order valence-corrected chi connectivity index (χ0v) is 16.3. The highest BCUT2D eigenvalue weighted by atomic mass is 32.2. The Balaban J connectivity index is 1.37. The van der Waals surface area contributed by atoms with Crippen LogP contribution in [0.1, 0.15) is 44.6 Å². The highest BCUT2D eigenvalue weighted by Crippen LogP contribution is 2.45. The second-order valence-corrected chi connectivity index (χ2v) is 8.75. The van der Waals surface area contributed by atoms with Crippen LogP contribution in [0.15, 0.2) is 46.6 Å². The molecule has 1 aliphatic carbocycles. The molecule has 1 atom stereocenters. The minimum atomic E-state index is 0.393. The van der Waals surface area contributed by atoms with Crippen molar-refractivity contribution in [3.63, 3.8) is 0 Å². The van der Waals surface area contributed by atoms with Gasteiger partial charge in [0, 0.05) is 24.0 Å². The van der Waals surface area contributed by atoms with Gasteiger partial charge in [0.15, 0.2) is 0 Å². The van der Waals surface area contributed by atoms with Gasteiger partial charge in [0.05, 0.1) is 12.4 Å². The first-order chi connectivity index (χ1) is 12.7. The number of aromatic nitrogens is 2. The quantitative estimate of drug-likeness (QED) is 0.872. The molecule has 1 saturated carbocycles. The van der Waals surface area contributed by atoms with E-state index < -0.39 is 0 Å². The summed E-state index contributed by atoms with van der Waals surface area (Å²) in [4.78, 5) is 12.9. The molecule has 1 aromatic carbocycles. The summed E-state index contributed by atoms with van der Waals surface area (Å²) in [5, 5.41) is 0.948. The summed E-state index contributed by atoms with van der Waals surface area (Å²) >= 11 is 1.67. The van der Waals surface area contributed by atoms with E-state index in [9.17, 15) is 0 Å². The Morgan fingerprint density at radius 2 is 1.88 bits per heavy atom. The van der Waals surface area contributed by atoms with Crippen molar-refractivity contribution in [2.75, 3.05) is 18.0 Å². The molecular formula is C21H28N4S. The first kappa shape index (κ1) is 17.8. The second-order valence-electron chi connectivity index (χ2n) is 7.66. The highest BCUT2D eigenvalue weighted by molar-refractivity contribution is 7.99. The molecule has 1 saturated heterocycles. The summed E-state index contributed by atoms with van der Waals surface area (Å²) in [6.07, 6.45) is 11.1. The summed E-state index contributed by atoms with van der Waals surface area (Å²) in [5.41, 5.74) is 8.15. The third-order valence-electron chi connectivity index (χ3n) is 6.23. The van der Waals surface area contributed by atoms with Crippen molar-refractivity contribution in [2.45, 2.75) is 61.4 Å². The third-order valence-corrected chi connectivity index (χ3v) is 7.16. The Bertz CT molecular complexity index is 721. The first-order valence-electron chi connectivity index (χ1n) is 9.78. The fourth-order valence-electron chi connectivity index (χ4n) is 4.41. The van der Waals surface area contributed by atoms with Gasteiger partial charge in [0.1, 0.15) is 10.8 Å². The minimum Gasteiger partial charge on any atom is -0.355 e. The standard InChI is InChI=1S/C21H28N4S/c1-2-16-5-7-17(8-6-16)26-20-15-23-19(14-24-20)25-12-10-21(11-13-25)9-3-4-18(21)22/h5-8,14-15,18H,2-4,9-13,22H2,1H3/t18-/m0/s1. The lowest BCUT2D eigenvalue weighted by Crippen LogP contribution is -2.47. The molecule has 2 aromatic rings. The van der Waals surface area contributed by atoms with E-state index in [0.717, 1.165) is 30.4 Å². The lowest BCUT2D eigenvalue weighted by molar-refractivity contribution is 0.197. The Morgan fingerprint density at radius 3 is 2.46 bits per heavy atom. The lowest BCUT2D eigenvalue weighted by atomic mass is 9.74. The topological polar surface area (TPSA) is 55.0 Å². The number of nitrogens with zero attached hydrogens (tertiary/aromatic N) is 3. The van der Waals surface area contributed by atoms with Crippen LogP contribution in [0.4, 0.5) is 5.82 Å². The summed E-state index contributed by atoms with van der Waals surface area (Å²) in [6.45, 7) is 4.27. The Kier molecular flexibility index (Phi) is 5.18. The van der Waals surface area contributed by atoms with Gasteiger partial charge in [0.2, 0.25) is 0 Å². The molecule has 0 bridgehead atoms. The zero-order chi connectivity index (χ0) is 18.0. The molecule has 138 valence electrons. The minimum absolute atomic E-state index is 0.393.